The van der Waals surface area contributed by atoms with Gasteiger partial charge in [-0.05, 0) is 58.7 Å². The van der Waals surface area contributed by atoms with Crippen LogP contribution in [0.15, 0.2) is 41.0 Å². The van der Waals surface area contributed by atoms with Crippen molar-refractivity contribution in [2.45, 2.75) is 26.3 Å². The van der Waals surface area contributed by atoms with Crippen LogP contribution in [-0.2, 0) is 6.42 Å². The van der Waals surface area contributed by atoms with Crippen molar-refractivity contribution in [2.75, 3.05) is 6.54 Å². The number of halogens is 2. The topological polar surface area (TPSA) is 24.9 Å². The lowest BCUT2D eigenvalue weighted by Gasteiger charge is -2.18. The lowest BCUT2D eigenvalue weighted by molar-refractivity contribution is 0.544. The predicted molar refractivity (Wildman–Crippen MR) is 88.2 cm³/mol. The van der Waals surface area contributed by atoms with E-state index in [1.54, 1.807) is 0 Å². The highest BCUT2D eigenvalue weighted by molar-refractivity contribution is 9.10. The monoisotopic (exact) mass is 352 g/mol. The third-order valence-corrected chi connectivity index (χ3v) is 4.41. The number of hydrogen-bond donors (Lipinski definition) is 1. The second-order valence-electron chi connectivity index (χ2n) is 4.81. The molecule has 0 radical (unpaired) electrons. The Hall–Kier alpha value is -0.900. The van der Waals surface area contributed by atoms with Gasteiger partial charge < -0.3 is 5.32 Å². The average molecular weight is 354 g/mol. The quantitative estimate of drug-likeness (QED) is 0.843. The van der Waals surface area contributed by atoms with Gasteiger partial charge in [0, 0.05) is 28.8 Å². The summed E-state index contributed by atoms with van der Waals surface area (Å²) >= 11 is 9.62. The van der Waals surface area contributed by atoms with E-state index in [2.05, 4.69) is 51.4 Å². The number of aryl methyl sites for hydroxylation is 1. The van der Waals surface area contributed by atoms with E-state index in [1.807, 2.05) is 25.3 Å². The van der Waals surface area contributed by atoms with E-state index in [1.165, 1.54) is 11.1 Å². The summed E-state index contributed by atoms with van der Waals surface area (Å²) in [5.74, 6) is 0. The molecule has 1 aromatic carbocycles. The van der Waals surface area contributed by atoms with Gasteiger partial charge in [0.25, 0.3) is 0 Å². The molecule has 1 heterocycles. The molecule has 0 aliphatic carbocycles. The second-order valence-corrected chi connectivity index (χ2v) is 6.08. The minimum absolute atomic E-state index is 0.223. The molecular weight excluding hydrogens is 336 g/mol. The highest BCUT2D eigenvalue weighted by Gasteiger charge is 2.13. The summed E-state index contributed by atoms with van der Waals surface area (Å²) in [5.41, 5.74) is 3.45. The first-order chi connectivity index (χ1) is 9.60. The molecule has 0 saturated heterocycles. The summed E-state index contributed by atoms with van der Waals surface area (Å²) < 4.78 is 0.923. The van der Waals surface area contributed by atoms with Crippen LogP contribution in [-0.4, -0.2) is 11.5 Å². The van der Waals surface area contributed by atoms with E-state index >= 15 is 0 Å². The molecule has 0 aliphatic heterocycles. The van der Waals surface area contributed by atoms with E-state index < -0.39 is 0 Å². The first kappa shape index (κ1) is 15.5. The number of pyridine rings is 1. The maximum Gasteiger partial charge on any atom is 0.0551 e. The SMILES string of the molecule is CCNC(Cc1ccc(C)cn1)c1ccc(Br)c(Cl)c1. The molecule has 2 aromatic rings. The van der Waals surface area contributed by atoms with Crippen LogP contribution >= 0.6 is 27.5 Å². The molecule has 0 aliphatic rings. The molecule has 2 rings (SSSR count). The molecule has 106 valence electrons. The molecule has 2 nitrogen and oxygen atoms in total. The lowest BCUT2D eigenvalue weighted by Crippen LogP contribution is -2.23. The van der Waals surface area contributed by atoms with E-state index in [0.717, 1.165) is 28.2 Å². The normalized spacial score (nSPS) is 12.4. The maximum atomic E-state index is 6.19. The van der Waals surface area contributed by atoms with Gasteiger partial charge in [0.05, 0.1) is 5.02 Å². The number of benzene rings is 1. The van der Waals surface area contributed by atoms with Crippen molar-refractivity contribution < 1.29 is 0 Å². The van der Waals surface area contributed by atoms with Crippen molar-refractivity contribution in [2.24, 2.45) is 0 Å². The number of likely N-dealkylation sites (N-methyl/N-ethyl adjacent to an activating group) is 1. The third-order valence-electron chi connectivity index (χ3n) is 3.18. The van der Waals surface area contributed by atoms with Crippen LogP contribution in [0, 0.1) is 6.92 Å². The summed E-state index contributed by atoms with van der Waals surface area (Å²) in [6, 6.07) is 10.5. The van der Waals surface area contributed by atoms with Crippen LogP contribution in [0.4, 0.5) is 0 Å². The zero-order valence-corrected chi connectivity index (χ0v) is 14.0. The first-order valence-electron chi connectivity index (χ1n) is 6.70. The summed E-state index contributed by atoms with van der Waals surface area (Å²) in [7, 11) is 0. The zero-order chi connectivity index (χ0) is 14.5. The van der Waals surface area contributed by atoms with Crippen molar-refractivity contribution in [3.8, 4) is 0 Å². The molecule has 0 spiro atoms. The van der Waals surface area contributed by atoms with Crippen molar-refractivity contribution in [3.05, 3.63) is 62.8 Å². The molecule has 1 unspecified atom stereocenters. The highest BCUT2D eigenvalue weighted by Crippen LogP contribution is 2.27. The fraction of sp³-hybridized carbons (Fsp3) is 0.312. The molecule has 0 saturated carbocycles. The van der Waals surface area contributed by atoms with Crippen LogP contribution in [0.5, 0.6) is 0 Å². The van der Waals surface area contributed by atoms with E-state index in [-0.39, 0.29) is 6.04 Å². The Bertz CT molecular complexity index is 569. The van der Waals surface area contributed by atoms with Gasteiger partial charge in [0.1, 0.15) is 0 Å². The molecule has 1 aromatic heterocycles. The smallest absolute Gasteiger partial charge is 0.0551 e. The van der Waals surface area contributed by atoms with Crippen LogP contribution in [0.2, 0.25) is 5.02 Å². The fourth-order valence-corrected chi connectivity index (χ4v) is 2.55. The van der Waals surface area contributed by atoms with Gasteiger partial charge in [-0.15, -0.1) is 0 Å². The predicted octanol–water partition coefficient (Wildman–Crippen LogP) is 4.70. The summed E-state index contributed by atoms with van der Waals surface area (Å²) in [6.07, 6.45) is 2.76. The van der Waals surface area contributed by atoms with Crippen LogP contribution in [0.1, 0.15) is 29.8 Å². The van der Waals surface area contributed by atoms with Crippen molar-refractivity contribution in [1.82, 2.24) is 10.3 Å². The Morgan fingerprint density at radius 1 is 1.30 bits per heavy atom. The molecule has 0 bridgehead atoms. The minimum Gasteiger partial charge on any atom is -0.310 e. The fourth-order valence-electron chi connectivity index (χ4n) is 2.11. The van der Waals surface area contributed by atoms with Gasteiger partial charge in [-0.25, -0.2) is 0 Å². The van der Waals surface area contributed by atoms with Crippen LogP contribution in [0.3, 0.4) is 0 Å². The van der Waals surface area contributed by atoms with E-state index in [0.29, 0.717) is 0 Å². The second kappa shape index (κ2) is 7.21. The molecular formula is C16H18BrClN2. The lowest BCUT2D eigenvalue weighted by atomic mass is 10.0. The highest BCUT2D eigenvalue weighted by atomic mass is 79.9. The third kappa shape index (κ3) is 4.05. The number of nitrogens with zero attached hydrogens (tertiary/aromatic N) is 1. The number of nitrogens with one attached hydrogen (secondary N) is 1. The molecule has 1 N–H and O–H groups in total. The minimum atomic E-state index is 0.223. The van der Waals surface area contributed by atoms with E-state index in [9.17, 15) is 0 Å². The van der Waals surface area contributed by atoms with E-state index in [4.69, 9.17) is 11.6 Å². The van der Waals surface area contributed by atoms with Gasteiger partial charge in [-0.1, -0.05) is 30.7 Å². The molecule has 1 atom stereocenters. The standard InChI is InChI=1S/C16H18BrClN2/c1-3-19-16(9-13-6-4-11(2)10-20-13)12-5-7-14(17)15(18)8-12/h4-8,10,16,19H,3,9H2,1-2H3. The Balaban J connectivity index is 2.21. The number of hydrogen-bond acceptors (Lipinski definition) is 2. The van der Waals surface area contributed by atoms with Gasteiger partial charge >= 0.3 is 0 Å². The Morgan fingerprint density at radius 2 is 2.10 bits per heavy atom. The molecule has 0 amide bonds. The van der Waals surface area contributed by atoms with Crippen molar-refractivity contribution in [1.29, 1.82) is 0 Å². The Morgan fingerprint density at radius 3 is 2.70 bits per heavy atom. The summed E-state index contributed by atoms with van der Waals surface area (Å²) in [6.45, 7) is 5.06. The first-order valence-corrected chi connectivity index (χ1v) is 7.87. The average Bonchev–Trinajstić information content (AvgIpc) is 2.44. The Labute approximate surface area is 133 Å². The molecule has 4 heteroatoms. The largest absolute Gasteiger partial charge is 0.310 e. The summed E-state index contributed by atoms with van der Waals surface area (Å²) in [4.78, 5) is 4.48. The molecule has 0 fully saturated rings. The van der Waals surface area contributed by atoms with Crippen molar-refractivity contribution >= 4 is 27.5 Å². The van der Waals surface area contributed by atoms with Gasteiger partial charge in [0.2, 0.25) is 0 Å². The van der Waals surface area contributed by atoms with Crippen molar-refractivity contribution in [3.63, 3.8) is 0 Å². The van der Waals surface area contributed by atoms with Gasteiger partial charge in [0.15, 0.2) is 0 Å². The van der Waals surface area contributed by atoms with Crippen LogP contribution < -0.4 is 5.32 Å². The number of rotatable bonds is 5. The van der Waals surface area contributed by atoms with Gasteiger partial charge in [-0.2, -0.15) is 0 Å². The maximum absolute atomic E-state index is 6.19. The number of aromatic nitrogens is 1. The zero-order valence-electron chi connectivity index (χ0n) is 11.7. The van der Waals surface area contributed by atoms with Crippen LogP contribution in [0.25, 0.3) is 0 Å². The van der Waals surface area contributed by atoms with Gasteiger partial charge in [-0.3, -0.25) is 4.98 Å². The molecule has 20 heavy (non-hydrogen) atoms. The Kier molecular flexibility index (Phi) is 5.58. The summed E-state index contributed by atoms with van der Waals surface area (Å²) in [5, 5.41) is 4.23.